The normalized spacial score (nSPS) is 10.3. The van der Waals surface area contributed by atoms with Gasteiger partial charge in [-0.1, -0.05) is 11.6 Å². The van der Waals surface area contributed by atoms with Crippen LogP contribution in [-0.4, -0.2) is 5.91 Å². The Morgan fingerprint density at radius 1 is 1.16 bits per heavy atom. The summed E-state index contributed by atoms with van der Waals surface area (Å²) in [6.45, 7) is 0. The van der Waals surface area contributed by atoms with E-state index in [9.17, 15) is 13.6 Å². The van der Waals surface area contributed by atoms with Crippen LogP contribution >= 0.6 is 11.6 Å². The molecule has 0 fully saturated rings. The Hall–Kier alpha value is -2.14. The fourth-order valence-electron chi connectivity index (χ4n) is 1.54. The third-order valence-electron chi connectivity index (χ3n) is 2.36. The van der Waals surface area contributed by atoms with Gasteiger partial charge >= 0.3 is 0 Å². The van der Waals surface area contributed by atoms with Crippen molar-refractivity contribution in [1.82, 2.24) is 0 Å². The maximum Gasteiger partial charge on any atom is 0.258 e. The minimum absolute atomic E-state index is 0.132. The Morgan fingerprint density at radius 3 is 2.53 bits per heavy atom. The highest BCUT2D eigenvalue weighted by Gasteiger charge is 2.12. The van der Waals surface area contributed by atoms with Gasteiger partial charge in [-0.25, -0.2) is 8.78 Å². The molecule has 0 aliphatic carbocycles. The van der Waals surface area contributed by atoms with Crippen molar-refractivity contribution >= 4 is 28.9 Å². The van der Waals surface area contributed by atoms with Crippen molar-refractivity contribution < 1.29 is 13.6 Å². The van der Waals surface area contributed by atoms with Gasteiger partial charge in [0.1, 0.15) is 11.6 Å². The van der Waals surface area contributed by atoms with E-state index in [2.05, 4.69) is 5.32 Å². The van der Waals surface area contributed by atoms with E-state index in [-0.39, 0.29) is 22.0 Å². The number of nitrogens with one attached hydrogen (secondary N) is 1. The number of hydrogen-bond donors (Lipinski definition) is 2. The number of nitrogens with two attached hydrogens (primary N) is 1. The highest BCUT2D eigenvalue weighted by atomic mass is 35.5. The topological polar surface area (TPSA) is 55.1 Å². The molecular formula is C13H9ClF2N2O. The van der Waals surface area contributed by atoms with Crippen molar-refractivity contribution in [3.05, 3.63) is 58.6 Å². The summed E-state index contributed by atoms with van der Waals surface area (Å²) in [7, 11) is 0. The minimum Gasteiger partial charge on any atom is -0.399 e. The molecule has 0 saturated heterocycles. The van der Waals surface area contributed by atoms with Gasteiger partial charge in [0.15, 0.2) is 0 Å². The van der Waals surface area contributed by atoms with E-state index in [4.69, 9.17) is 17.3 Å². The SMILES string of the molecule is Nc1ccc(C(=O)Nc2cc(F)cc(Cl)c2)c(F)c1. The van der Waals surface area contributed by atoms with Crippen molar-refractivity contribution in [2.45, 2.75) is 0 Å². The van der Waals surface area contributed by atoms with Gasteiger partial charge in [0.2, 0.25) is 0 Å². The van der Waals surface area contributed by atoms with Crippen LogP contribution in [-0.2, 0) is 0 Å². The van der Waals surface area contributed by atoms with Crippen molar-refractivity contribution in [2.75, 3.05) is 11.1 Å². The van der Waals surface area contributed by atoms with Crippen LogP contribution in [0.4, 0.5) is 20.2 Å². The highest BCUT2D eigenvalue weighted by molar-refractivity contribution is 6.31. The van der Waals surface area contributed by atoms with Crippen LogP contribution in [0.5, 0.6) is 0 Å². The summed E-state index contributed by atoms with van der Waals surface area (Å²) < 4.78 is 26.6. The van der Waals surface area contributed by atoms with Gasteiger partial charge in [0, 0.05) is 16.4 Å². The Bertz CT molecular complexity index is 626. The first-order chi connectivity index (χ1) is 8.95. The molecule has 0 atom stereocenters. The molecule has 0 unspecified atom stereocenters. The number of benzene rings is 2. The first kappa shape index (κ1) is 13.3. The average Bonchev–Trinajstić information content (AvgIpc) is 2.26. The maximum absolute atomic E-state index is 13.5. The van der Waals surface area contributed by atoms with Crippen LogP contribution in [0.3, 0.4) is 0 Å². The fourth-order valence-corrected chi connectivity index (χ4v) is 1.76. The van der Waals surface area contributed by atoms with Crippen molar-refractivity contribution in [3.63, 3.8) is 0 Å². The predicted octanol–water partition coefficient (Wildman–Crippen LogP) is 3.45. The van der Waals surface area contributed by atoms with E-state index >= 15 is 0 Å². The number of carbonyl (C=O) groups excluding carboxylic acids is 1. The molecule has 2 aromatic carbocycles. The van der Waals surface area contributed by atoms with Crippen LogP contribution in [0, 0.1) is 11.6 Å². The van der Waals surface area contributed by atoms with E-state index in [0.29, 0.717) is 0 Å². The van der Waals surface area contributed by atoms with Crippen LogP contribution in [0.2, 0.25) is 5.02 Å². The molecule has 0 saturated carbocycles. The molecular weight excluding hydrogens is 274 g/mol. The summed E-state index contributed by atoms with van der Waals surface area (Å²) >= 11 is 5.65. The zero-order chi connectivity index (χ0) is 14.0. The van der Waals surface area contributed by atoms with E-state index < -0.39 is 17.5 Å². The number of amides is 1. The number of carbonyl (C=O) groups is 1. The summed E-state index contributed by atoms with van der Waals surface area (Å²) in [5, 5.41) is 2.49. The van der Waals surface area contributed by atoms with Crippen LogP contribution < -0.4 is 11.1 Å². The molecule has 3 N–H and O–H groups in total. The van der Waals surface area contributed by atoms with E-state index in [1.54, 1.807) is 0 Å². The lowest BCUT2D eigenvalue weighted by Gasteiger charge is -2.07. The van der Waals surface area contributed by atoms with Crippen LogP contribution in [0.25, 0.3) is 0 Å². The second kappa shape index (κ2) is 5.24. The quantitative estimate of drug-likeness (QED) is 0.829. The Kier molecular flexibility index (Phi) is 3.66. The van der Waals surface area contributed by atoms with Gasteiger partial charge in [0.25, 0.3) is 5.91 Å². The molecule has 0 aliphatic heterocycles. The van der Waals surface area contributed by atoms with E-state index in [0.717, 1.165) is 18.2 Å². The summed E-state index contributed by atoms with van der Waals surface area (Å²) in [5.74, 6) is -2.06. The lowest BCUT2D eigenvalue weighted by atomic mass is 10.1. The first-order valence-electron chi connectivity index (χ1n) is 5.28. The number of halogens is 3. The molecule has 6 heteroatoms. The zero-order valence-corrected chi connectivity index (χ0v) is 10.3. The number of hydrogen-bond acceptors (Lipinski definition) is 2. The molecule has 0 spiro atoms. The minimum atomic E-state index is -0.750. The van der Waals surface area contributed by atoms with E-state index in [1.807, 2.05) is 0 Å². The largest absolute Gasteiger partial charge is 0.399 e. The average molecular weight is 283 g/mol. The van der Waals surface area contributed by atoms with Crippen LogP contribution in [0.15, 0.2) is 36.4 Å². The fraction of sp³-hybridized carbons (Fsp3) is 0. The number of nitrogen functional groups attached to an aromatic ring is 1. The second-order valence-electron chi connectivity index (χ2n) is 3.85. The third kappa shape index (κ3) is 3.20. The molecule has 2 rings (SSSR count). The molecule has 2 aromatic rings. The molecule has 0 aromatic heterocycles. The van der Waals surface area contributed by atoms with Gasteiger partial charge in [-0.15, -0.1) is 0 Å². The zero-order valence-electron chi connectivity index (χ0n) is 9.58. The molecule has 3 nitrogen and oxygen atoms in total. The molecule has 98 valence electrons. The predicted molar refractivity (Wildman–Crippen MR) is 70.2 cm³/mol. The number of anilines is 2. The van der Waals surface area contributed by atoms with E-state index in [1.165, 1.54) is 18.2 Å². The van der Waals surface area contributed by atoms with Crippen molar-refractivity contribution in [3.8, 4) is 0 Å². The van der Waals surface area contributed by atoms with Crippen molar-refractivity contribution in [1.29, 1.82) is 0 Å². The maximum atomic E-state index is 13.5. The monoisotopic (exact) mass is 282 g/mol. The standard InChI is InChI=1S/C13H9ClF2N2O/c14-7-3-8(15)5-10(4-7)18-13(19)11-2-1-9(17)6-12(11)16/h1-6H,17H2,(H,18,19). The van der Waals surface area contributed by atoms with Gasteiger partial charge in [-0.05, 0) is 36.4 Å². The summed E-state index contributed by atoms with van der Waals surface area (Å²) in [5.41, 5.74) is 5.55. The summed E-state index contributed by atoms with van der Waals surface area (Å²) in [6.07, 6.45) is 0. The van der Waals surface area contributed by atoms with Gasteiger partial charge in [0.05, 0.1) is 5.56 Å². The molecule has 0 heterocycles. The highest BCUT2D eigenvalue weighted by Crippen LogP contribution is 2.19. The Labute approximate surface area is 113 Å². The van der Waals surface area contributed by atoms with Gasteiger partial charge < -0.3 is 11.1 Å². The molecule has 19 heavy (non-hydrogen) atoms. The lowest BCUT2D eigenvalue weighted by molar-refractivity contribution is 0.102. The first-order valence-corrected chi connectivity index (χ1v) is 5.66. The molecule has 0 aliphatic rings. The Balaban J connectivity index is 2.25. The molecule has 0 radical (unpaired) electrons. The van der Waals surface area contributed by atoms with Gasteiger partial charge in [-0.3, -0.25) is 4.79 Å². The smallest absolute Gasteiger partial charge is 0.258 e. The second-order valence-corrected chi connectivity index (χ2v) is 4.29. The molecule has 1 amide bonds. The molecule has 0 bridgehead atoms. The van der Waals surface area contributed by atoms with Crippen LogP contribution in [0.1, 0.15) is 10.4 Å². The Morgan fingerprint density at radius 2 is 1.89 bits per heavy atom. The van der Waals surface area contributed by atoms with Gasteiger partial charge in [-0.2, -0.15) is 0 Å². The number of rotatable bonds is 2. The lowest BCUT2D eigenvalue weighted by Crippen LogP contribution is -2.14. The third-order valence-corrected chi connectivity index (χ3v) is 2.58. The summed E-state index contributed by atoms with van der Waals surface area (Å²) in [6, 6.07) is 7.22. The summed E-state index contributed by atoms with van der Waals surface area (Å²) in [4.78, 5) is 11.8. The van der Waals surface area contributed by atoms with Crippen molar-refractivity contribution in [2.24, 2.45) is 0 Å².